The van der Waals surface area contributed by atoms with E-state index in [2.05, 4.69) is 51.7 Å². The number of amides is 1. The molecule has 0 aliphatic heterocycles. The smallest absolute Gasteiger partial charge is 0.298 e. The molecule has 4 aromatic rings. The molecular weight excluding hydrogens is 378 g/mol. The number of hydrogen-bond acceptors (Lipinski definition) is 5. The number of carbonyl (C=O) groups excluding carboxylic acids is 1. The monoisotopic (exact) mass is 395 g/mol. The summed E-state index contributed by atoms with van der Waals surface area (Å²) in [6.07, 6.45) is 1.38. The van der Waals surface area contributed by atoms with E-state index in [1.165, 1.54) is 17.3 Å². The number of hydrogen-bond donors (Lipinski definition) is 2. The minimum absolute atomic E-state index is 0.209. The van der Waals surface area contributed by atoms with Crippen molar-refractivity contribution in [2.75, 3.05) is 17.3 Å². The van der Waals surface area contributed by atoms with Gasteiger partial charge in [0, 0.05) is 19.3 Å². The summed E-state index contributed by atoms with van der Waals surface area (Å²) >= 11 is 5.92. The van der Waals surface area contributed by atoms with Crippen LogP contribution in [0.25, 0.3) is 11.1 Å². The second-order valence-corrected chi connectivity index (χ2v) is 6.97. The SMILES string of the molecule is Cc1ccc(CN(C)c2nc3cc(NC(=O)c4[nH]ncc4Cl)ccc3o2)cc1. The zero-order valence-electron chi connectivity index (χ0n) is 15.4. The van der Waals surface area contributed by atoms with Crippen molar-refractivity contribution in [1.82, 2.24) is 15.2 Å². The van der Waals surface area contributed by atoms with Crippen LogP contribution in [0.15, 0.2) is 53.1 Å². The van der Waals surface area contributed by atoms with Crippen molar-refractivity contribution < 1.29 is 9.21 Å². The summed E-state index contributed by atoms with van der Waals surface area (Å²) in [5, 5.41) is 9.35. The summed E-state index contributed by atoms with van der Waals surface area (Å²) in [4.78, 5) is 18.7. The third kappa shape index (κ3) is 3.70. The van der Waals surface area contributed by atoms with Crippen LogP contribution in [-0.4, -0.2) is 28.1 Å². The molecule has 0 saturated carbocycles. The highest BCUT2D eigenvalue weighted by Crippen LogP contribution is 2.25. The maximum Gasteiger partial charge on any atom is 0.298 e. The Kier molecular flexibility index (Phi) is 4.75. The number of nitrogens with zero attached hydrogens (tertiary/aromatic N) is 3. The summed E-state index contributed by atoms with van der Waals surface area (Å²) < 4.78 is 5.84. The Morgan fingerprint density at radius 2 is 2.04 bits per heavy atom. The number of aryl methyl sites for hydroxylation is 1. The molecule has 2 aromatic carbocycles. The minimum atomic E-state index is -0.373. The molecular formula is C20H18ClN5O2. The lowest BCUT2D eigenvalue weighted by atomic mass is 10.1. The van der Waals surface area contributed by atoms with Crippen LogP contribution < -0.4 is 10.2 Å². The molecule has 7 nitrogen and oxygen atoms in total. The van der Waals surface area contributed by atoms with E-state index in [9.17, 15) is 4.79 Å². The largest absolute Gasteiger partial charge is 0.423 e. The van der Waals surface area contributed by atoms with Crippen LogP contribution in [0.3, 0.4) is 0 Å². The van der Waals surface area contributed by atoms with Gasteiger partial charge in [0.05, 0.1) is 11.2 Å². The number of anilines is 2. The van der Waals surface area contributed by atoms with Crippen LogP contribution in [-0.2, 0) is 6.54 Å². The molecule has 0 unspecified atom stereocenters. The molecule has 0 aliphatic carbocycles. The van der Waals surface area contributed by atoms with E-state index in [0.29, 0.717) is 29.3 Å². The fourth-order valence-corrected chi connectivity index (χ4v) is 2.99. The number of oxazole rings is 1. The van der Waals surface area contributed by atoms with Gasteiger partial charge in [0.2, 0.25) is 0 Å². The number of aromatic nitrogens is 3. The Labute approximate surface area is 166 Å². The normalized spacial score (nSPS) is 11.0. The molecule has 4 rings (SSSR count). The molecule has 0 atom stereocenters. The van der Waals surface area contributed by atoms with E-state index in [1.807, 2.05) is 11.9 Å². The summed E-state index contributed by atoms with van der Waals surface area (Å²) in [6, 6.07) is 14.1. The number of nitrogens with one attached hydrogen (secondary N) is 2. The van der Waals surface area contributed by atoms with Gasteiger partial charge in [-0.2, -0.15) is 10.1 Å². The van der Waals surface area contributed by atoms with Crippen molar-refractivity contribution in [3.8, 4) is 0 Å². The highest BCUT2D eigenvalue weighted by molar-refractivity contribution is 6.34. The average Bonchev–Trinajstić information content (AvgIpc) is 3.29. The van der Waals surface area contributed by atoms with Crippen molar-refractivity contribution in [1.29, 1.82) is 0 Å². The number of halogens is 1. The summed E-state index contributed by atoms with van der Waals surface area (Å²) in [7, 11) is 1.92. The molecule has 142 valence electrons. The van der Waals surface area contributed by atoms with Gasteiger partial charge in [-0.05, 0) is 30.7 Å². The van der Waals surface area contributed by atoms with Gasteiger partial charge in [0.1, 0.15) is 11.2 Å². The van der Waals surface area contributed by atoms with Gasteiger partial charge in [0.25, 0.3) is 11.9 Å². The zero-order valence-corrected chi connectivity index (χ0v) is 16.1. The average molecular weight is 396 g/mol. The van der Waals surface area contributed by atoms with Gasteiger partial charge in [-0.1, -0.05) is 41.4 Å². The summed E-state index contributed by atoms with van der Waals surface area (Å²) in [6.45, 7) is 2.74. The highest BCUT2D eigenvalue weighted by Gasteiger charge is 2.15. The van der Waals surface area contributed by atoms with Crippen LogP contribution >= 0.6 is 11.6 Å². The molecule has 2 aromatic heterocycles. The lowest BCUT2D eigenvalue weighted by Gasteiger charge is -2.14. The quantitative estimate of drug-likeness (QED) is 0.523. The van der Waals surface area contributed by atoms with Crippen molar-refractivity contribution in [3.63, 3.8) is 0 Å². The van der Waals surface area contributed by atoms with Gasteiger partial charge in [-0.3, -0.25) is 9.89 Å². The van der Waals surface area contributed by atoms with Gasteiger partial charge in [-0.25, -0.2) is 0 Å². The summed E-state index contributed by atoms with van der Waals surface area (Å²) in [5.74, 6) is -0.373. The van der Waals surface area contributed by atoms with Crippen molar-refractivity contribution in [2.45, 2.75) is 13.5 Å². The molecule has 28 heavy (non-hydrogen) atoms. The van der Waals surface area contributed by atoms with E-state index in [-0.39, 0.29) is 16.6 Å². The summed E-state index contributed by atoms with van der Waals surface area (Å²) in [5.41, 5.74) is 4.48. The number of fused-ring (bicyclic) bond motifs is 1. The third-order valence-corrected chi connectivity index (χ3v) is 4.61. The lowest BCUT2D eigenvalue weighted by molar-refractivity contribution is 0.102. The topological polar surface area (TPSA) is 87.0 Å². The first-order valence-corrected chi connectivity index (χ1v) is 9.05. The Hall–Kier alpha value is -3.32. The number of aromatic amines is 1. The molecule has 0 radical (unpaired) electrons. The molecule has 2 N–H and O–H groups in total. The first-order chi connectivity index (χ1) is 13.5. The van der Waals surface area contributed by atoms with Crippen molar-refractivity contribution >= 4 is 40.3 Å². The van der Waals surface area contributed by atoms with E-state index >= 15 is 0 Å². The standard InChI is InChI=1S/C20H18ClN5O2/c1-12-3-5-13(6-4-12)11-26(2)20-24-16-9-14(7-8-17(16)28-20)23-19(27)18-15(21)10-22-25-18/h3-10H,11H2,1-2H3,(H,22,25)(H,23,27). The second-order valence-electron chi connectivity index (χ2n) is 6.57. The molecule has 0 spiro atoms. The first-order valence-electron chi connectivity index (χ1n) is 8.67. The number of carbonyl (C=O) groups is 1. The van der Waals surface area contributed by atoms with E-state index < -0.39 is 0 Å². The number of benzene rings is 2. The van der Waals surface area contributed by atoms with E-state index in [1.54, 1.807) is 18.2 Å². The third-order valence-electron chi connectivity index (χ3n) is 4.32. The van der Waals surface area contributed by atoms with Crippen molar-refractivity contribution in [3.05, 3.63) is 70.5 Å². The fourth-order valence-electron chi connectivity index (χ4n) is 2.82. The van der Waals surface area contributed by atoms with Gasteiger partial charge in [0.15, 0.2) is 5.58 Å². The van der Waals surface area contributed by atoms with E-state index in [4.69, 9.17) is 16.0 Å². The molecule has 0 saturated heterocycles. The Morgan fingerprint density at radius 1 is 1.25 bits per heavy atom. The van der Waals surface area contributed by atoms with Crippen LogP contribution in [0.2, 0.25) is 5.02 Å². The van der Waals surface area contributed by atoms with Gasteiger partial charge < -0.3 is 14.6 Å². The van der Waals surface area contributed by atoms with Crippen molar-refractivity contribution in [2.24, 2.45) is 0 Å². The molecule has 1 amide bonds. The first kappa shape index (κ1) is 18.1. The predicted octanol–water partition coefficient (Wildman–Crippen LogP) is 4.40. The zero-order chi connectivity index (χ0) is 19.7. The Balaban J connectivity index is 1.52. The van der Waals surface area contributed by atoms with E-state index in [0.717, 1.165) is 0 Å². The number of rotatable bonds is 5. The minimum Gasteiger partial charge on any atom is -0.423 e. The molecule has 8 heteroatoms. The highest BCUT2D eigenvalue weighted by atomic mass is 35.5. The molecule has 0 fully saturated rings. The molecule has 0 bridgehead atoms. The Bertz CT molecular complexity index is 1130. The molecule has 0 aliphatic rings. The predicted molar refractivity (Wildman–Crippen MR) is 109 cm³/mol. The Morgan fingerprint density at radius 3 is 2.75 bits per heavy atom. The lowest BCUT2D eigenvalue weighted by Crippen LogP contribution is -2.16. The second kappa shape index (κ2) is 7.36. The van der Waals surface area contributed by atoms with Crippen LogP contribution in [0.1, 0.15) is 21.6 Å². The van der Waals surface area contributed by atoms with Gasteiger partial charge >= 0.3 is 0 Å². The number of H-pyrrole nitrogens is 1. The fraction of sp³-hybridized carbons (Fsp3) is 0.150. The van der Waals surface area contributed by atoms with Gasteiger partial charge in [-0.15, -0.1) is 0 Å². The van der Waals surface area contributed by atoms with Crippen LogP contribution in [0.4, 0.5) is 11.7 Å². The van der Waals surface area contributed by atoms with Crippen LogP contribution in [0, 0.1) is 6.92 Å². The maximum atomic E-state index is 12.3. The van der Waals surface area contributed by atoms with Crippen LogP contribution in [0.5, 0.6) is 0 Å². The molecule has 2 heterocycles. The maximum absolute atomic E-state index is 12.3.